The van der Waals surface area contributed by atoms with E-state index in [4.69, 9.17) is 0 Å². The summed E-state index contributed by atoms with van der Waals surface area (Å²) < 4.78 is 0. The number of nitrogens with one attached hydrogen (secondary N) is 1. The molecule has 18 heavy (non-hydrogen) atoms. The molecule has 0 amide bonds. The lowest BCUT2D eigenvalue weighted by Crippen LogP contribution is -2.52. The van der Waals surface area contributed by atoms with E-state index in [0.29, 0.717) is 18.9 Å². The highest BCUT2D eigenvalue weighted by Crippen LogP contribution is 2.40. The summed E-state index contributed by atoms with van der Waals surface area (Å²) in [4.78, 5) is 12.9. The molecule has 0 aliphatic carbocycles. The van der Waals surface area contributed by atoms with E-state index in [2.05, 4.69) is 19.2 Å². The molecular weight excluding hydrogens is 246 g/mol. The van der Waals surface area contributed by atoms with Gasteiger partial charge in [0.1, 0.15) is 5.54 Å². The normalized spacial score (nSPS) is 22.8. The molecule has 1 aliphatic rings. The van der Waals surface area contributed by atoms with Gasteiger partial charge in [0.05, 0.1) is 0 Å². The molecule has 0 aromatic heterocycles. The summed E-state index contributed by atoms with van der Waals surface area (Å²) >= 11 is 1.74. The molecule has 2 N–H and O–H groups in total. The molecule has 4 heteroatoms. The molecule has 1 aromatic rings. The van der Waals surface area contributed by atoms with Crippen molar-refractivity contribution in [2.75, 3.05) is 12.3 Å². The monoisotopic (exact) mass is 265 g/mol. The van der Waals surface area contributed by atoms with Crippen LogP contribution in [0, 0.1) is 5.92 Å². The molecule has 0 saturated carbocycles. The molecule has 1 heterocycles. The van der Waals surface area contributed by atoms with E-state index in [1.165, 1.54) is 0 Å². The van der Waals surface area contributed by atoms with Gasteiger partial charge < -0.3 is 5.11 Å². The zero-order valence-corrected chi connectivity index (χ0v) is 11.6. The Labute approximate surface area is 112 Å². The summed E-state index contributed by atoms with van der Waals surface area (Å²) in [6.45, 7) is 4.89. The fourth-order valence-corrected chi connectivity index (χ4v) is 3.45. The van der Waals surface area contributed by atoms with Crippen molar-refractivity contribution < 1.29 is 9.90 Å². The van der Waals surface area contributed by atoms with Crippen LogP contribution in [0.25, 0.3) is 0 Å². The van der Waals surface area contributed by atoms with Crippen molar-refractivity contribution >= 4 is 17.7 Å². The lowest BCUT2D eigenvalue weighted by molar-refractivity contribution is -0.145. The first kappa shape index (κ1) is 13.4. The average Bonchev–Trinajstić information content (AvgIpc) is 2.36. The maximum absolute atomic E-state index is 11.8. The van der Waals surface area contributed by atoms with Crippen LogP contribution in [0.1, 0.15) is 25.8 Å². The average molecular weight is 265 g/mol. The molecule has 2 rings (SSSR count). The molecule has 1 aromatic carbocycles. The SMILES string of the molecule is CC(C)CNC1(C(=O)O)CCSc2ccccc21. The van der Waals surface area contributed by atoms with Crippen molar-refractivity contribution in [1.82, 2.24) is 5.32 Å². The number of hydrogen-bond donors (Lipinski definition) is 2. The predicted octanol–water partition coefficient (Wildman–Crippen LogP) is 2.71. The molecule has 98 valence electrons. The first-order chi connectivity index (χ1) is 8.56. The minimum atomic E-state index is -0.911. The number of carboxylic acids is 1. The molecule has 0 bridgehead atoms. The van der Waals surface area contributed by atoms with Crippen molar-refractivity contribution in [1.29, 1.82) is 0 Å². The van der Waals surface area contributed by atoms with Crippen molar-refractivity contribution in [3.63, 3.8) is 0 Å². The van der Waals surface area contributed by atoms with Crippen molar-refractivity contribution in [2.45, 2.75) is 30.7 Å². The van der Waals surface area contributed by atoms with Gasteiger partial charge in [0.15, 0.2) is 0 Å². The number of aliphatic carboxylic acids is 1. The van der Waals surface area contributed by atoms with Crippen LogP contribution >= 0.6 is 11.8 Å². The van der Waals surface area contributed by atoms with Gasteiger partial charge in [-0.1, -0.05) is 32.0 Å². The third-order valence-electron chi connectivity index (χ3n) is 3.26. The second-order valence-electron chi connectivity index (χ2n) is 5.08. The van der Waals surface area contributed by atoms with Crippen LogP contribution in [0.5, 0.6) is 0 Å². The van der Waals surface area contributed by atoms with Crippen LogP contribution in [-0.2, 0) is 10.3 Å². The second-order valence-corrected chi connectivity index (χ2v) is 6.22. The second kappa shape index (κ2) is 5.33. The van der Waals surface area contributed by atoms with Gasteiger partial charge in [-0.3, -0.25) is 5.32 Å². The predicted molar refractivity (Wildman–Crippen MR) is 73.9 cm³/mol. The zero-order valence-electron chi connectivity index (χ0n) is 10.8. The van der Waals surface area contributed by atoms with Gasteiger partial charge in [0.25, 0.3) is 0 Å². The van der Waals surface area contributed by atoms with Crippen molar-refractivity contribution in [3.05, 3.63) is 29.8 Å². The smallest absolute Gasteiger partial charge is 0.328 e. The van der Waals surface area contributed by atoms with Gasteiger partial charge in [-0.2, -0.15) is 0 Å². The maximum Gasteiger partial charge on any atom is 0.328 e. The number of benzene rings is 1. The Hall–Kier alpha value is -1.00. The Morgan fingerprint density at radius 2 is 2.22 bits per heavy atom. The highest BCUT2D eigenvalue weighted by atomic mass is 32.2. The molecule has 1 aliphatic heterocycles. The summed E-state index contributed by atoms with van der Waals surface area (Å²) in [5, 5.41) is 13.0. The largest absolute Gasteiger partial charge is 0.480 e. The van der Waals surface area contributed by atoms with E-state index in [-0.39, 0.29) is 0 Å². The number of fused-ring (bicyclic) bond motifs is 1. The number of thioether (sulfide) groups is 1. The minimum Gasteiger partial charge on any atom is -0.480 e. The Kier molecular flexibility index (Phi) is 3.97. The van der Waals surface area contributed by atoms with E-state index in [1.54, 1.807) is 11.8 Å². The molecule has 3 nitrogen and oxygen atoms in total. The number of rotatable bonds is 4. The summed E-state index contributed by atoms with van der Waals surface area (Å²) in [6.07, 6.45) is 0.636. The Balaban J connectivity index is 2.39. The van der Waals surface area contributed by atoms with Crippen LogP contribution in [-0.4, -0.2) is 23.4 Å². The van der Waals surface area contributed by atoms with E-state index in [1.807, 2.05) is 24.3 Å². The molecule has 0 radical (unpaired) electrons. The topological polar surface area (TPSA) is 49.3 Å². The van der Waals surface area contributed by atoms with E-state index >= 15 is 0 Å². The highest BCUT2D eigenvalue weighted by Gasteiger charge is 2.43. The fraction of sp³-hybridized carbons (Fsp3) is 0.500. The fourth-order valence-electron chi connectivity index (χ4n) is 2.25. The lowest BCUT2D eigenvalue weighted by atomic mass is 9.86. The molecule has 0 fully saturated rings. The van der Waals surface area contributed by atoms with Crippen LogP contribution < -0.4 is 5.32 Å². The third-order valence-corrected chi connectivity index (χ3v) is 4.33. The van der Waals surface area contributed by atoms with Crippen LogP contribution in [0.4, 0.5) is 0 Å². The van der Waals surface area contributed by atoms with Gasteiger partial charge in [-0.05, 0) is 30.5 Å². The first-order valence-corrected chi connectivity index (χ1v) is 7.25. The summed E-state index contributed by atoms with van der Waals surface area (Å²) in [7, 11) is 0. The standard InChI is InChI=1S/C14H19NO2S/c1-10(2)9-15-14(13(16)17)7-8-18-12-6-4-3-5-11(12)14/h3-6,10,15H,7-9H2,1-2H3,(H,16,17). The maximum atomic E-state index is 11.8. The van der Waals surface area contributed by atoms with Gasteiger partial charge >= 0.3 is 5.97 Å². The third kappa shape index (κ3) is 2.40. The van der Waals surface area contributed by atoms with Crippen molar-refractivity contribution in [2.24, 2.45) is 5.92 Å². The quantitative estimate of drug-likeness (QED) is 0.879. The number of carboxylic acid groups (broad SMARTS) is 1. The lowest BCUT2D eigenvalue weighted by Gasteiger charge is -2.36. The van der Waals surface area contributed by atoms with E-state index in [0.717, 1.165) is 16.2 Å². The number of hydrogen-bond acceptors (Lipinski definition) is 3. The van der Waals surface area contributed by atoms with E-state index in [9.17, 15) is 9.90 Å². The Bertz CT molecular complexity index is 447. The molecule has 1 unspecified atom stereocenters. The summed E-state index contributed by atoms with van der Waals surface area (Å²) in [5.41, 5.74) is 0.000880. The molecule has 0 spiro atoms. The highest BCUT2D eigenvalue weighted by molar-refractivity contribution is 7.99. The molecular formula is C14H19NO2S. The van der Waals surface area contributed by atoms with Gasteiger partial charge in [-0.25, -0.2) is 4.79 Å². The molecule has 0 saturated heterocycles. The van der Waals surface area contributed by atoms with Crippen LogP contribution in [0.2, 0.25) is 0 Å². The van der Waals surface area contributed by atoms with Crippen LogP contribution in [0.3, 0.4) is 0 Å². The van der Waals surface area contributed by atoms with Gasteiger partial charge in [-0.15, -0.1) is 11.8 Å². The zero-order chi connectivity index (χ0) is 13.2. The van der Waals surface area contributed by atoms with Crippen LogP contribution in [0.15, 0.2) is 29.2 Å². The first-order valence-electron chi connectivity index (χ1n) is 6.27. The minimum absolute atomic E-state index is 0.433. The Morgan fingerprint density at radius 1 is 1.50 bits per heavy atom. The Morgan fingerprint density at radius 3 is 2.89 bits per heavy atom. The van der Waals surface area contributed by atoms with E-state index < -0.39 is 11.5 Å². The number of carbonyl (C=O) groups is 1. The molecule has 1 atom stereocenters. The summed E-state index contributed by atoms with van der Waals surface area (Å²) in [6, 6.07) is 7.82. The van der Waals surface area contributed by atoms with Gasteiger partial charge in [0.2, 0.25) is 0 Å². The summed E-state index contributed by atoms with van der Waals surface area (Å²) in [5.74, 6) is 0.507. The van der Waals surface area contributed by atoms with Gasteiger partial charge in [0, 0.05) is 10.6 Å². The van der Waals surface area contributed by atoms with Crippen molar-refractivity contribution in [3.8, 4) is 0 Å².